The fraction of sp³-hybridized carbons (Fsp3) is 0.261. The van der Waals surface area contributed by atoms with Crippen LogP contribution in [0, 0.1) is 0 Å². The van der Waals surface area contributed by atoms with E-state index in [9.17, 15) is 13.9 Å². The monoisotopic (exact) mass is 458 g/mol. The largest absolute Gasteiger partial charge is 0.469 e. The third-order valence-electron chi connectivity index (χ3n) is 5.23. The molecule has 0 unspecified atom stereocenters. The van der Waals surface area contributed by atoms with Gasteiger partial charge in [-0.1, -0.05) is 48.0 Å². The van der Waals surface area contributed by atoms with Gasteiger partial charge < -0.3 is 4.74 Å². The molecule has 0 bridgehead atoms. The van der Waals surface area contributed by atoms with E-state index in [1.165, 1.54) is 7.11 Å². The van der Waals surface area contributed by atoms with Crippen LogP contribution in [0.5, 0.6) is 0 Å². The van der Waals surface area contributed by atoms with Crippen LogP contribution < -0.4 is 0 Å². The standard InChI is InChI=1S/C23H23ClN2O4S/c1-30-21(27)13-16-9-7-15(8-10-16)12-20-22-19(6-3-11-31(22,28)29)25-23(26-20)17-4-2-5-18(24)14-17/h2,4-5,7-10,14,28-29H,3,6,11-13H2,1H3. The molecule has 0 amide bonds. The Morgan fingerprint density at radius 2 is 1.87 bits per heavy atom. The van der Waals surface area contributed by atoms with Crippen LogP contribution in [-0.2, 0) is 28.8 Å². The molecule has 31 heavy (non-hydrogen) atoms. The van der Waals surface area contributed by atoms with E-state index in [1.54, 1.807) is 12.1 Å². The number of hydrogen-bond acceptors (Lipinski definition) is 6. The smallest absolute Gasteiger partial charge is 0.309 e. The Balaban J connectivity index is 1.73. The number of carbonyl (C=O) groups excluding carboxylic acids is 1. The van der Waals surface area contributed by atoms with E-state index in [2.05, 4.69) is 4.98 Å². The minimum absolute atomic E-state index is 0.207. The van der Waals surface area contributed by atoms with Crippen molar-refractivity contribution in [2.45, 2.75) is 30.6 Å². The zero-order valence-electron chi connectivity index (χ0n) is 17.0. The van der Waals surface area contributed by atoms with E-state index in [4.69, 9.17) is 21.3 Å². The van der Waals surface area contributed by atoms with Crippen molar-refractivity contribution in [3.05, 3.63) is 76.1 Å². The third-order valence-corrected chi connectivity index (χ3v) is 7.45. The molecule has 0 atom stereocenters. The highest BCUT2D eigenvalue weighted by Crippen LogP contribution is 2.54. The van der Waals surface area contributed by atoms with Crippen LogP contribution >= 0.6 is 22.2 Å². The maximum absolute atomic E-state index is 11.5. The summed E-state index contributed by atoms with van der Waals surface area (Å²) in [6.07, 6.45) is 1.97. The predicted octanol–water partition coefficient (Wildman–Crippen LogP) is 5.16. The van der Waals surface area contributed by atoms with E-state index in [1.807, 2.05) is 36.4 Å². The highest BCUT2D eigenvalue weighted by atomic mass is 35.5. The van der Waals surface area contributed by atoms with Gasteiger partial charge in [-0.05, 0) is 36.1 Å². The van der Waals surface area contributed by atoms with Gasteiger partial charge in [0.2, 0.25) is 0 Å². The molecular weight excluding hydrogens is 436 g/mol. The summed E-state index contributed by atoms with van der Waals surface area (Å²) in [4.78, 5) is 21.3. The Kier molecular flexibility index (Phi) is 6.29. The van der Waals surface area contributed by atoms with E-state index >= 15 is 0 Å². The molecule has 0 saturated carbocycles. The Labute approximate surface area is 187 Å². The highest BCUT2D eigenvalue weighted by Gasteiger charge is 2.30. The second kappa shape index (κ2) is 8.96. The van der Waals surface area contributed by atoms with Crippen LogP contribution in [0.2, 0.25) is 5.02 Å². The first kappa shape index (κ1) is 21.8. The lowest BCUT2D eigenvalue weighted by Gasteiger charge is -2.38. The number of aromatic nitrogens is 2. The first-order chi connectivity index (χ1) is 14.9. The number of ether oxygens (including phenoxy) is 1. The lowest BCUT2D eigenvalue weighted by Crippen LogP contribution is -2.19. The summed E-state index contributed by atoms with van der Waals surface area (Å²) in [5, 5.41) is 0.589. The first-order valence-corrected chi connectivity index (χ1v) is 12.0. The van der Waals surface area contributed by atoms with Crippen molar-refractivity contribution in [3.63, 3.8) is 0 Å². The molecule has 2 N–H and O–H groups in total. The lowest BCUT2D eigenvalue weighted by atomic mass is 10.0. The van der Waals surface area contributed by atoms with E-state index in [-0.39, 0.29) is 12.4 Å². The van der Waals surface area contributed by atoms with Crippen molar-refractivity contribution in [1.82, 2.24) is 9.97 Å². The van der Waals surface area contributed by atoms with Gasteiger partial charge in [-0.25, -0.2) is 9.97 Å². The van der Waals surface area contributed by atoms with Gasteiger partial charge in [-0.2, -0.15) is 10.6 Å². The number of aryl methyl sites for hydroxylation is 1. The minimum atomic E-state index is -2.94. The minimum Gasteiger partial charge on any atom is -0.469 e. The van der Waals surface area contributed by atoms with Crippen molar-refractivity contribution in [3.8, 4) is 11.4 Å². The van der Waals surface area contributed by atoms with Gasteiger partial charge in [-0.15, -0.1) is 0 Å². The fourth-order valence-corrected chi connectivity index (χ4v) is 5.68. The number of nitrogens with zero attached hydrogens (tertiary/aromatic N) is 2. The molecule has 0 aliphatic carbocycles. The van der Waals surface area contributed by atoms with Crippen molar-refractivity contribution < 1.29 is 18.6 Å². The van der Waals surface area contributed by atoms with Crippen LogP contribution in [0.15, 0.2) is 53.4 Å². The van der Waals surface area contributed by atoms with E-state index < -0.39 is 10.6 Å². The van der Waals surface area contributed by atoms with Crippen molar-refractivity contribution in [1.29, 1.82) is 0 Å². The molecule has 2 heterocycles. The molecule has 8 heteroatoms. The molecule has 4 rings (SSSR count). The number of rotatable bonds is 5. The maximum Gasteiger partial charge on any atom is 0.309 e. The number of benzene rings is 2. The number of fused-ring (bicyclic) bond motifs is 1. The molecule has 1 aliphatic heterocycles. The Bertz CT molecular complexity index is 1120. The maximum atomic E-state index is 11.5. The third kappa shape index (κ3) is 4.91. The van der Waals surface area contributed by atoms with Crippen LogP contribution in [0.3, 0.4) is 0 Å². The average Bonchev–Trinajstić information content (AvgIpc) is 2.74. The molecule has 3 aromatic rings. The Morgan fingerprint density at radius 1 is 1.13 bits per heavy atom. The van der Waals surface area contributed by atoms with E-state index in [0.29, 0.717) is 52.1 Å². The lowest BCUT2D eigenvalue weighted by molar-refractivity contribution is -0.139. The number of carbonyl (C=O) groups is 1. The summed E-state index contributed by atoms with van der Waals surface area (Å²) in [5.41, 5.74) is 3.89. The predicted molar refractivity (Wildman–Crippen MR) is 122 cm³/mol. The van der Waals surface area contributed by atoms with Crippen LogP contribution in [0.1, 0.15) is 28.9 Å². The summed E-state index contributed by atoms with van der Waals surface area (Å²) in [6, 6.07) is 14.9. The summed E-state index contributed by atoms with van der Waals surface area (Å²) >= 11 is 6.15. The number of esters is 1. The molecule has 0 saturated heterocycles. The van der Waals surface area contributed by atoms with Crippen molar-refractivity contribution >= 4 is 28.2 Å². The molecule has 2 aromatic carbocycles. The van der Waals surface area contributed by atoms with Crippen molar-refractivity contribution in [2.24, 2.45) is 0 Å². The van der Waals surface area contributed by atoms with Gasteiger partial charge in [0.1, 0.15) is 4.90 Å². The molecule has 0 spiro atoms. The van der Waals surface area contributed by atoms with E-state index in [0.717, 1.165) is 16.7 Å². The van der Waals surface area contributed by atoms with Gasteiger partial charge in [-0.3, -0.25) is 13.9 Å². The van der Waals surface area contributed by atoms with Gasteiger partial charge in [0.25, 0.3) is 0 Å². The molecule has 1 aliphatic rings. The first-order valence-electron chi connectivity index (χ1n) is 9.92. The molecule has 0 radical (unpaired) electrons. The highest BCUT2D eigenvalue weighted by molar-refractivity contribution is 8.24. The van der Waals surface area contributed by atoms with Gasteiger partial charge in [0.15, 0.2) is 5.82 Å². The Hall–Kier alpha value is -2.45. The van der Waals surface area contributed by atoms with Crippen molar-refractivity contribution in [2.75, 3.05) is 12.9 Å². The quantitative estimate of drug-likeness (QED) is 0.513. The average molecular weight is 459 g/mol. The summed E-state index contributed by atoms with van der Waals surface area (Å²) in [5.74, 6) is 0.554. The van der Waals surface area contributed by atoms with Crippen LogP contribution in [-0.4, -0.2) is 37.9 Å². The van der Waals surface area contributed by atoms with Gasteiger partial charge in [0.05, 0.1) is 24.9 Å². The zero-order valence-corrected chi connectivity index (χ0v) is 18.6. The van der Waals surface area contributed by atoms with Gasteiger partial charge >= 0.3 is 5.97 Å². The zero-order chi connectivity index (χ0) is 22.0. The molecule has 162 valence electrons. The number of hydrogen-bond donors (Lipinski definition) is 2. The topological polar surface area (TPSA) is 92.5 Å². The molecule has 6 nitrogen and oxygen atoms in total. The molecule has 0 fully saturated rings. The van der Waals surface area contributed by atoms with Crippen LogP contribution in [0.4, 0.5) is 0 Å². The van der Waals surface area contributed by atoms with Crippen LogP contribution in [0.25, 0.3) is 11.4 Å². The summed E-state index contributed by atoms with van der Waals surface area (Å²) in [6.45, 7) is 0. The number of methoxy groups -OCH3 is 1. The Morgan fingerprint density at radius 3 is 2.58 bits per heavy atom. The second-order valence-corrected chi connectivity index (χ2v) is 10.1. The number of halogens is 1. The normalized spacial score (nSPS) is 15.7. The SMILES string of the molecule is COC(=O)Cc1ccc(Cc2nc(-c3cccc(Cl)c3)nc3c2S(O)(O)CCC3)cc1. The second-order valence-electron chi connectivity index (χ2n) is 7.50. The van der Waals surface area contributed by atoms with Gasteiger partial charge in [0, 0.05) is 22.8 Å². The fourth-order valence-electron chi connectivity index (χ4n) is 3.72. The summed E-state index contributed by atoms with van der Waals surface area (Å²) in [7, 11) is -1.57. The summed E-state index contributed by atoms with van der Waals surface area (Å²) < 4.78 is 26.2. The molecular formula is C23H23ClN2O4S. The molecule has 1 aromatic heterocycles.